The molecule has 146 valence electrons. The summed E-state index contributed by atoms with van der Waals surface area (Å²) in [6, 6.07) is 4.35. The molecule has 6 heterocycles. The Hall–Kier alpha value is -3.42. The molecule has 0 spiro atoms. The zero-order chi connectivity index (χ0) is 19.4. The number of rotatable bonds is 2. The van der Waals surface area contributed by atoms with E-state index in [9.17, 15) is 0 Å². The van der Waals surface area contributed by atoms with Crippen molar-refractivity contribution in [1.82, 2.24) is 24.7 Å². The average molecular weight is 387 g/mol. The predicted octanol–water partition coefficient (Wildman–Crippen LogP) is 3.23. The van der Waals surface area contributed by atoms with E-state index in [1.807, 2.05) is 19.3 Å². The minimum atomic E-state index is 0.645. The maximum Gasteiger partial charge on any atom is 0.231 e. The Morgan fingerprint density at radius 2 is 2.07 bits per heavy atom. The van der Waals surface area contributed by atoms with E-state index in [0.29, 0.717) is 5.71 Å². The van der Waals surface area contributed by atoms with Gasteiger partial charge in [-0.2, -0.15) is 5.10 Å². The molecule has 4 aromatic rings. The molecule has 8 heteroatoms. The molecule has 0 N–H and O–H groups in total. The number of nitrogens with zero attached hydrogens (tertiary/aromatic N) is 7. The van der Waals surface area contributed by atoms with Gasteiger partial charge >= 0.3 is 0 Å². The van der Waals surface area contributed by atoms with Crippen LogP contribution in [-0.4, -0.2) is 37.8 Å². The summed E-state index contributed by atoms with van der Waals surface area (Å²) in [6.45, 7) is 5.65. The highest BCUT2D eigenvalue weighted by Gasteiger charge is 2.25. The maximum atomic E-state index is 5.57. The van der Waals surface area contributed by atoms with Gasteiger partial charge in [-0.3, -0.25) is 4.98 Å². The fourth-order valence-electron chi connectivity index (χ4n) is 4.46. The third kappa shape index (κ3) is 2.59. The van der Waals surface area contributed by atoms with E-state index >= 15 is 0 Å². The Labute approximate surface area is 167 Å². The van der Waals surface area contributed by atoms with Crippen molar-refractivity contribution in [3.05, 3.63) is 53.9 Å². The lowest BCUT2D eigenvalue weighted by Gasteiger charge is -2.32. The van der Waals surface area contributed by atoms with Gasteiger partial charge in [-0.25, -0.2) is 14.6 Å². The lowest BCUT2D eigenvalue weighted by molar-refractivity contribution is 0.541. The molecule has 2 aliphatic heterocycles. The zero-order valence-corrected chi connectivity index (χ0v) is 16.2. The highest BCUT2D eigenvalue weighted by atomic mass is 16.3. The standard InChI is InChI=1S/C21H21N7O/c1-14-12-29-21-19(14)20(23-13-24-21)26-8-4-17-15(11-26)9-16(10-22-17)27-6-2-7-28-18(27)3-5-25-28/h3,5,9-10,12-13H,2,4,6-8,11H2,1H3. The van der Waals surface area contributed by atoms with Crippen LogP contribution in [0.15, 0.2) is 41.5 Å². The molecule has 0 atom stereocenters. The van der Waals surface area contributed by atoms with Crippen molar-refractivity contribution < 1.29 is 4.42 Å². The summed E-state index contributed by atoms with van der Waals surface area (Å²) in [6.07, 6.45) is 9.18. The number of hydrogen-bond acceptors (Lipinski definition) is 7. The molecular weight excluding hydrogens is 366 g/mol. The molecule has 2 aliphatic rings. The van der Waals surface area contributed by atoms with Crippen molar-refractivity contribution in [2.24, 2.45) is 0 Å². The molecule has 0 aromatic carbocycles. The van der Waals surface area contributed by atoms with E-state index in [1.165, 1.54) is 11.3 Å². The maximum absolute atomic E-state index is 5.57. The van der Waals surface area contributed by atoms with Gasteiger partial charge in [0.05, 0.1) is 29.7 Å². The fourth-order valence-corrected chi connectivity index (χ4v) is 4.46. The van der Waals surface area contributed by atoms with Crippen molar-refractivity contribution in [3.8, 4) is 0 Å². The van der Waals surface area contributed by atoms with Crippen molar-refractivity contribution >= 4 is 28.4 Å². The average Bonchev–Trinajstić information content (AvgIpc) is 3.39. The number of anilines is 3. The number of fused-ring (bicyclic) bond motifs is 3. The minimum absolute atomic E-state index is 0.645. The molecule has 8 nitrogen and oxygen atoms in total. The van der Waals surface area contributed by atoms with Gasteiger partial charge in [0.1, 0.15) is 18.0 Å². The second kappa shape index (κ2) is 6.30. The summed E-state index contributed by atoms with van der Waals surface area (Å²) in [7, 11) is 0. The van der Waals surface area contributed by atoms with Crippen LogP contribution < -0.4 is 9.80 Å². The van der Waals surface area contributed by atoms with Crippen LogP contribution in [0, 0.1) is 6.92 Å². The Morgan fingerprint density at radius 3 is 3.03 bits per heavy atom. The summed E-state index contributed by atoms with van der Waals surface area (Å²) >= 11 is 0. The van der Waals surface area contributed by atoms with Crippen LogP contribution in [0.25, 0.3) is 11.1 Å². The van der Waals surface area contributed by atoms with Gasteiger partial charge in [-0.15, -0.1) is 0 Å². The second-order valence-electron chi connectivity index (χ2n) is 7.68. The van der Waals surface area contributed by atoms with E-state index in [2.05, 4.69) is 41.7 Å². The van der Waals surface area contributed by atoms with Crippen molar-refractivity contribution in [1.29, 1.82) is 0 Å². The molecule has 6 rings (SSSR count). The van der Waals surface area contributed by atoms with E-state index in [4.69, 9.17) is 9.40 Å². The van der Waals surface area contributed by atoms with Gasteiger partial charge in [-0.1, -0.05) is 0 Å². The predicted molar refractivity (Wildman–Crippen MR) is 109 cm³/mol. The second-order valence-corrected chi connectivity index (χ2v) is 7.68. The van der Waals surface area contributed by atoms with Crippen LogP contribution in [0.1, 0.15) is 23.2 Å². The zero-order valence-electron chi connectivity index (χ0n) is 16.2. The Morgan fingerprint density at radius 1 is 1.10 bits per heavy atom. The highest BCUT2D eigenvalue weighted by Crippen LogP contribution is 2.33. The molecule has 0 saturated carbocycles. The Balaban J connectivity index is 1.36. The first-order chi connectivity index (χ1) is 14.3. The summed E-state index contributed by atoms with van der Waals surface area (Å²) in [5.41, 5.74) is 5.25. The first kappa shape index (κ1) is 16.5. The van der Waals surface area contributed by atoms with E-state index in [1.54, 1.807) is 12.6 Å². The van der Waals surface area contributed by atoms with Crippen LogP contribution >= 0.6 is 0 Å². The first-order valence-electron chi connectivity index (χ1n) is 9.99. The molecule has 0 radical (unpaired) electrons. The van der Waals surface area contributed by atoms with E-state index in [0.717, 1.165) is 67.3 Å². The van der Waals surface area contributed by atoms with Gasteiger partial charge < -0.3 is 14.2 Å². The Bertz CT molecular complexity index is 1210. The molecule has 0 unspecified atom stereocenters. The van der Waals surface area contributed by atoms with Crippen molar-refractivity contribution in [3.63, 3.8) is 0 Å². The number of aryl methyl sites for hydroxylation is 2. The first-order valence-corrected chi connectivity index (χ1v) is 9.99. The van der Waals surface area contributed by atoms with Gasteiger partial charge in [0.2, 0.25) is 5.71 Å². The van der Waals surface area contributed by atoms with E-state index < -0.39 is 0 Å². The number of furan rings is 1. The van der Waals surface area contributed by atoms with Crippen LogP contribution in [0.3, 0.4) is 0 Å². The van der Waals surface area contributed by atoms with Crippen LogP contribution in [0.5, 0.6) is 0 Å². The largest absolute Gasteiger partial charge is 0.446 e. The lowest BCUT2D eigenvalue weighted by atomic mass is 10.0. The molecule has 0 bridgehead atoms. The highest BCUT2D eigenvalue weighted by molar-refractivity contribution is 5.89. The smallest absolute Gasteiger partial charge is 0.231 e. The lowest BCUT2D eigenvalue weighted by Crippen LogP contribution is -2.33. The molecular formula is C21H21N7O. The van der Waals surface area contributed by atoms with Gasteiger partial charge in [0, 0.05) is 49.9 Å². The summed E-state index contributed by atoms with van der Waals surface area (Å²) in [5.74, 6) is 2.07. The molecule has 4 aromatic heterocycles. The molecule has 0 saturated heterocycles. The summed E-state index contributed by atoms with van der Waals surface area (Å²) < 4.78 is 7.63. The van der Waals surface area contributed by atoms with E-state index in [-0.39, 0.29) is 0 Å². The number of hydrogen-bond donors (Lipinski definition) is 0. The summed E-state index contributed by atoms with van der Waals surface area (Å²) in [4.78, 5) is 18.3. The summed E-state index contributed by atoms with van der Waals surface area (Å²) in [5, 5.41) is 5.43. The van der Waals surface area contributed by atoms with Gasteiger partial charge in [0.15, 0.2) is 0 Å². The normalized spacial score (nSPS) is 16.2. The number of pyridine rings is 1. The fraction of sp³-hybridized carbons (Fsp3) is 0.333. The van der Waals surface area contributed by atoms with Crippen LogP contribution in [-0.2, 0) is 19.5 Å². The van der Waals surface area contributed by atoms with Crippen molar-refractivity contribution in [2.75, 3.05) is 22.9 Å². The van der Waals surface area contributed by atoms with Gasteiger partial charge in [0.25, 0.3) is 0 Å². The third-order valence-corrected chi connectivity index (χ3v) is 5.89. The molecule has 0 aliphatic carbocycles. The molecule has 0 fully saturated rings. The third-order valence-electron chi connectivity index (χ3n) is 5.89. The minimum Gasteiger partial charge on any atom is -0.446 e. The monoisotopic (exact) mass is 387 g/mol. The quantitative estimate of drug-likeness (QED) is 0.523. The molecule has 29 heavy (non-hydrogen) atoms. The van der Waals surface area contributed by atoms with Crippen molar-refractivity contribution in [2.45, 2.75) is 32.9 Å². The Kier molecular flexibility index (Phi) is 3.59. The van der Waals surface area contributed by atoms with Crippen LogP contribution in [0.4, 0.5) is 17.3 Å². The number of aromatic nitrogens is 5. The van der Waals surface area contributed by atoms with Crippen LogP contribution in [0.2, 0.25) is 0 Å². The van der Waals surface area contributed by atoms with Gasteiger partial charge in [-0.05, 0) is 25.0 Å². The topological polar surface area (TPSA) is 76.1 Å². The molecule has 0 amide bonds. The SMILES string of the molecule is Cc1coc2ncnc(N3CCc4ncc(N5CCCn6nccc65)cc4C3)c12.